The van der Waals surface area contributed by atoms with Crippen molar-refractivity contribution in [1.29, 1.82) is 0 Å². The summed E-state index contributed by atoms with van der Waals surface area (Å²) in [4.78, 5) is 0. The number of unbranched alkanes of at least 4 members (excludes halogenated alkanes) is 6. The molecule has 0 fully saturated rings. The van der Waals surface area contributed by atoms with Gasteiger partial charge in [0.15, 0.2) is 19.5 Å². The van der Waals surface area contributed by atoms with Gasteiger partial charge in [-0.2, -0.15) is 0 Å². The molecule has 0 aliphatic heterocycles. The first-order valence-electron chi connectivity index (χ1n) is 12.5. The van der Waals surface area contributed by atoms with Crippen molar-refractivity contribution in [2.75, 3.05) is 0 Å². The first-order chi connectivity index (χ1) is 13.3. The van der Waals surface area contributed by atoms with Crippen molar-refractivity contribution < 1.29 is 8.85 Å². The third kappa shape index (κ3) is 19.4. The summed E-state index contributed by atoms with van der Waals surface area (Å²) < 4.78 is 12.7. The molecule has 27 heavy (non-hydrogen) atoms. The molecule has 4 heteroatoms. The van der Waals surface area contributed by atoms with Gasteiger partial charge in [-0.1, -0.05) is 98.3 Å². The van der Waals surface area contributed by atoms with Crippen LogP contribution in [0.15, 0.2) is 0 Å². The number of hydrogen-bond acceptors (Lipinski definition) is 2. The predicted octanol–water partition coefficient (Wildman–Crippen LogP) is 6.69. The quantitative estimate of drug-likeness (QED) is 0.144. The maximum absolute atomic E-state index is 6.35. The lowest BCUT2D eigenvalue weighted by atomic mass is 10.1. The van der Waals surface area contributed by atoms with Crippen LogP contribution in [0.2, 0.25) is 12.1 Å². The Morgan fingerprint density at radius 3 is 1.22 bits per heavy atom. The van der Waals surface area contributed by atoms with Gasteiger partial charge in [0, 0.05) is 12.2 Å². The van der Waals surface area contributed by atoms with E-state index in [1.54, 1.807) is 0 Å². The van der Waals surface area contributed by atoms with E-state index in [9.17, 15) is 0 Å². The van der Waals surface area contributed by atoms with E-state index in [1.807, 2.05) is 0 Å². The lowest BCUT2D eigenvalue weighted by Gasteiger charge is -2.19. The average molecular weight is 417 g/mol. The highest BCUT2D eigenvalue weighted by atomic mass is 28.2. The molecule has 0 saturated carbocycles. The zero-order valence-electron chi connectivity index (χ0n) is 19.4. The molecule has 0 bridgehead atoms. The Morgan fingerprint density at radius 2 is 0.852 bits per heavy atom. The van der Waals surface area contributed by atoms with Gasteiger partial charge in [0.25, 0.3) is 0 Å². The summed E-state index contributed by atoms with van der Waals surface area (Å²) in [5.74, 6) is 0. The van der Waals surface area contributed by atoms with E-state index in [1.165, 1.54) is 108 Å². The third-order valence-corrected chi connectivity index (χ3v) is 8.51. The minimum Gasteiger partial charge on any atom is -0.421 e. The van der Waals surface area contributed by atoms with E-state index in [-0.39, 0.29) is 19.5 Å². The van der Waals surface area contributed by atoms with Crippen LogP contribution in [0.25, 0.3) is 0 Å². The molecular formula is C23H52O2Si2. The van der Waals surface area contributed by atoms with Crippen LogP contribution in [0.4, 0.5) is 0 Å². The van der Waals surface area contributed by atoms with Crippen molar-refractivity contribution in [2.24, 2.45) is 0 Å². The molecule has 164 valence electrons. The van der Waals surface area contributed by atoms with E-state index >= 15 is 0 Å². The van der Waals surface area contributed by atoms with Gasteiger partial charge in [-0.25, -0.2) is 0 Å². The van der Waals surface area contributed by atoms with Gasteiger partial charge in [0.2, 0.25) is 0 Å². The predicted molar refractivity (Wildman–Crippen MR) is 128 cm³/mol. The molecule has 2 atom stereocenters. The Bertz CT molecular complexity index is 251. The highest BCUT2D eigenvalue weighted by Crippen LogP contribution is 2.15. The van der Waals surface area contributed by atoms with Gasteiger partial charge in [0.05, 0.1) is 0 Å². The fourth-order valence-electron chi connectivity index (χ4n) is 3.61. The van der Waals surface area contributed by atoms with Gasteiger partial charge in [-0.3, -0.25) is 0 Å². The number of hydrogen-bond donors (Lipinski definition) is 0. The minimum absolute atomic E-state index is 0.309. The smallest absolute Gasteiger partial charge is 0.161 e. The molecule has 0 aromatic rings. The Balaban J connectivity index is 3.76. The van der Waals surface area contributed by atoms with Crippen LogP contribution in [-0.4, -0.2) is 31.7 Å². The minimum atomic E-state index is -0.309. The number of rotatable bonds is 22. The Kier molecular flexibility index (Phi) is 22.9. The molecule has 0 heterocycles. The average Bonchev–Trinajstić information content (AvgIpc) is 2.68. The zero-order valence-corrected chi connectivity index (χ0v) is 22.2. The second kappa shape index (κ2) is 22.6. The molecule has 0 spiro atoms. The molecule has 2 unspecified atom stereocenters. The van der Waals surface area contributed by atoms with Crippen molar-refractivity contribution in [3.8, 4) is 0 Å². The summed E-state index contributed by atoms with van der Waals surface area (Å²) in [5, 5.41) is 0. The molecule has 0 aromatic carbocycles. The van der Waals surface area contributed by atoms with E-state index in [4.69, 9.17) is 8.85 Å². The highest BCUT2D eigenvalue weighted by molar-refractivity contribution is 6.29. The maximum Gasteiger partial charge on any atom is 0.161 e. The third-order valence-electron chi connectivity index (χ3n) is 5.51. The second-order valence-corrected chi connectivity index (χ2v) is 11.2. The first-order valence-corrected chi connectivity index (χ1v) is 15.7. The van der Waals surface area contributed by atoms with Crippen LogP contribution in [0.1, 0.15) is 124 Å². The SMILES string of the molecule is CCCCCC(CCCC)O[SiH2]CCC[SiH2]OC(CCCC)CCCCC. The molecule has 0 aromatic heterocycles. The van der Waals surface area contributed by atoms with E-state index < -0.39 is 0 Å². The normalized spacial score (nSPS) is 14.7. The Morgan fingerprint density at radius 1 is 0.481 bits per heavy atom. The topological polar surface area (TPSA) is 18.5 Å². The van der Waals surface area contributed by atoms with Gasteiger partial charge in [-0.05, 0) is 37.8 Å². The van der Waals surface area contributed by atoms with Crippen LogP contribution in [0.3, 0.4) is 0 Å². The summed E-state index contributed by atoms with van der Waals surface area (Å²) in [6.07, 6.45) is 21.1. The summed E-state index contributed by atoms with van der Waals surface area (Å²) in [6, 6.07) is 2.73. The monoisotopic (exact) mass is 416 g/mol. The summed E-state index contributed by atoms with van der Waals surface area (Å²) in [5.41, 5.74) is 0. The fourth-order valence-corrected chi connectivity index (χ4v) is 7.10. The van der Waals surface area contributed by atoms with Gasteiger partial charge >= 0.3 is 0 Å². The molecule has 0 amide bonds. The first kappa shape index (κ1) is 27.4. The molecule has 0 radical (unpaired) electrons. The molecule has 0 N–H and O–H groups in total. The summed E-state index contributed by atoms with van der Waals surface area (Å²) >= 11 is 0. The maximum atomic E-state index is 6.35. The summed E-state index contributed by atoms with van der Waals surface area (Å²) in [7, 11) is -0.618. The molecule has 0 aliphatic carbocycles. The van der Waals surface area contributed by atoms with Gasteiger partial charge in [0.1, 0.15) is 0 Å². The van der Waals surface area contributed by atoms with Crippen molar-refractivity contribution in [3.63, 3.8) is 0 Å². The van der Waals surface area contributed by atoms with Gasteiger partial charge in [-0.15, -0.1) is 0 Å². The van der Waals surface area contributed by atoms with Crippen molar-refractivity contribution in [3.05, 3.63) is 0 Å². The molecule has 0 aliphatic rings. The molecular weight excluding hydrogens is 364 g/mol. The van der Waals surface area contributed by atoms with Crippen LogP contribution in [0, 0.1) is 0 Å². The van der Waals surface area contributed by atoms with Crippen molar-refractivity contribution >= 4 is 19.5 Å². The molecule has 0 saturated heterocycles. The van der Waals surface area contributed by atoms with E-state index in [0.29, 0.717) is 12.2 Å². The lowest BCUT2D eigenvalue weighted by Crippen LogP contribution is -2.17. The molecule has 2 nitrogen and oxygen atoms in total. The standard InChI is InChI=1S/C23H52O2Si2/c1-5-9-13-18-22(16-11-7-3)24-26-20-15-21-27-25-23(17-12-8-4)19-14-10-6-2/h22-23H,5-21,26-27H2,1-4H3. The largest absolute Gasteiger partial charge is 0.421 e. The lowest BCUT2D eigenvalue weighted by molar-refractivity contribution is 0.180. The fraction of sp³-hybridized carbons (Fsp3) is 1.00. The van der Waals surface area contributed by atoms with Crippen molar-refractivity contribution in [1.82, 2.24) is 0 Å². The van der Waals surface area contributed by atoms with Crippen LogP contribution in [0.5, 0.6) is 0 Å². The van der Waals surface area contributed by atoms with Crippen LogP contribution >= 0.6 is 0 Å². The van der Waals surface area contributed by atoms with Gasteiger partial charge < -0.3 is 8.85 Å². The second-order valence-electron chi connectivity index (χ2n) is 8.32. The van der Waals surface area contributed by atoms with Crippen LogP contribution in [-0.2, 0) is 8.85 Å². The highest BCUT2D eigenvalue weighted by Gasteiger charge is 2.09. The van der Waals surface area contributed by atoms with Crippen molar-refractivity contribution in [2.45, 2.75) is 148 Å². The zero-order chi connectivity index (χ0) is 20.0. The summed E-state index contributed by atoms with van der Waals surface area (Å²) in [6.45, 7) is 9.17. The van der Waals surface area contributed by atoms with Crippen LogP contribution < -0.4 is 0 Å². The van der Waals surface area contributed by atoms with E-state index in [2.05, 4.69) is 27.7 Å². The Labute approximate surface area is 176 Å². The molecule has 0 rings (SSSR count). The Hall–Kier alpha value is 0.354. The van der Waals surface area contributed by atoms with E-state index in [0.717, 1.165) is 0 Å².